The van der Waals surface area contributed by atoms with Crippen molar-refractivity contribution in [3.63, 3.8) is 0 Å². The zero-order chi connectivity index (χ0) is 22.0. The molecule has 1 aliphatic rings. The summed E-state index contributed by atoms with van der Waals surface area (Å²) >= 11 is 6.14. The zero-order valence-corrected chi connectivity index (χ0v) is 16.9. The second kappa shape index (κ2) is 8.53. The van der Waals surface area contributed by atoms with E-state index in [1.165, 1.54) is 12.1 Å². The van der Waals surface area contributed by atoms with E-state index in [-0.39, 0.29) is 17.8 Å². The highest BCUT2D eigenvalue weighted by Crippen LogP contribution is 2.26. The van der Waals surface area contributed by atoms with Gasteiger partial charge in [-0.05, 0) is 53.1 Å². The number of para-hydroxylation sites is 1. The Morgan fingerprint density at radius 3 is 2.35 bits per heavy atom. The van der Waals surface area contributed by atoms with Crippen molar-refractivity contribution in [2.75, 3.05) is 4.90 Å². The maximum absolute atomic E-state index is 14.1. The van der Waals surface area contributed by atoms with E-state index in [1.54, 1.807) is 66.7 Å². The quantitative estimate of drug-likeness (QED) is 0.476. The monoisotopic (exact) mass is 434 g/mol. The van der Waals surface area contributed by atoms with Gasteiger partial charge in [0.15, 0.2) is 0 Å². The first-order valence-corrected chi connectivity index (χ1v) is 9.80. The lowest BCUT2D eigenvalue weighted by Crippen LogP contribution is -2.54. The van der Waals surface area contributed by atoms with Crippen molar-refractivity contribution in [1.82, 2.24) is 5.32 Å². The minimum absolute atomic E-state index is 0.222. The van der Waals surface area contributed by atoms with Crippen LogP contribution >= 0.6 is 11.6 Å². The van der Waals surface area contributed by atoms with E-state index in [0.29, 0.717) is 27.4 Å². The summed E-state index contributed by atoms with van der Waals surface area (Å²) in [4.78, 5) is 38.7. The van der Waals surface area contributed by atoms with Crippen LogP contribution in [-0.2, 0) is 16.0 Å². The Morgan fingerprint density at radius 2 is 1.61 bits per heavy atom. The molecular formula is C24H16ClFN2O3. The highest BCUT2D eigenvalue weighted by molar-refractivity contribution is 6.39. The van der Waals surface area contributed by atoms with E-state index in [2.05, 4.69) is 5.32 Å². The molecule has 5 nitrogen and oxygen atoms in total. The number of amides is 4. The van der Waals surface area contributed by atoms with Gasteiger partial charge in [-0.3, -0.25) is 14.9 Å². The Kier molecular flexibility index (Phi) is 5.64. The van der Waals surface area contributed by atoms with Gasteiger partial charge >= 0.3 is 6.03 Å². The average molecular weight is 435 g/mol. The Balaban J connectivity index is 1.75. The largest absolute Gasteiger partial charge is 0.335 e. The number of carbonyl (C=O) groups is 3. The van der Waals surface area contributed by atoms with Crippen LogP contribution in [0.1, 0.15) is 16.7 Å². The molecule has 1 saturated heterocycles. The van der Waals surface area contributed by atoms with Crippen molar-refractivity contribution in [2.24, 2.45) is 0 Å². The predicted octanol–water partition coefficient (Wildman–Crippen LogP) is 4.74. The minimum Gasteiger partial charge on any atom is -0.273 e. The molecular weight excluding hydrogens is 419 g/mol. The smallest absolute Gasteiger partial charge is 0.273 e. The van der Waals surface area contributed by atoms with E-state index in [9.17, 15) is 18.8 Å². The second-order valence-corrected chi connectivity index (χ2v) is 7.34. The SMILES string of the molecule is O=C1NC(=O)N(c2ccccc2)C(=O)/C1=C/c1cc(Cl)ccc1Cc1ccccc1F. The van der Waals surface area contributed by atoms with Crippen molar-refractivity contribution >= 4 is 41.2 Å². The molecule has 1 aliphatic heterocycles. The third-order valence-corrected chi connectivity index (χ3v) is 5.10. The standard InChI is InChI=1S/C24H16ClFN2O3/c25-18-11-10-15(12-16-6-4-5-9-21(16)26)17(13-18)14-20-22(29)27-24(31)28(23(20)30)19-7-2-1-3-8-19/h1-11,13-14H,12H2,(H,27,29,31)/b20-14+. The molecule has 4 rings (SSSR count). The molecule has 0 aromatic heterocycles. The molecule has 0 aliphatic carbocycles. The molecule has 0 spiro atoms. The van der Waals surface area contributed by atoms with Crippen LogP contribution in [0, 0.1) is 5.82 Å². The van der Waals surface area contributed by atoms with Gasteiger partial charge < -0.3 is 0 Å². The number of anilines is 1. The topological polar surface area (TPSA) is 66.5 Å². The minimum atomic E-state index is -0.823. The number of carbonyl (C=O) groups excluding carboxylic acids is 3. The van der Waals surface area contributed by atoms with Crippen molar-refractivity contribution in [3.8, 4) is 0 Å². The molecule has 0 unspecified atom stereocenters. The number of urea groups is 1. The number of nitrogens with one attached hydrogen (secondary N) is 1. The zero-order valence-electron chi connectivity index (χ0n) is 16.1. The van der Waals surface area contributed by atoms with Gasteiger partial charge in [-0.15, -0.1) is 0 Å². The van der Waals surface area contributed by atoms with Gasteiger partial charge in [0.2, 0.25) is 0 Å². The first kappa shape index (κ1) is 20.5. The van der Waals surface area contributed by atoms with Gasteiger partial charge in [0.05, 0.1) is 5.69 Å². The molecule has 0 bridgehead atoms. The van der Waals surface area contributed by atoms with E-state index in [4.69, 9.17) is 11.6 Å². The Bertz CT molecular complexity index is 1220. The fourth-order valence-electron chi connectivity index (χ4n) is 3.33. The predicted molar refractivity (Wildman–Crippen MR) is 116 cm³/mol. The van der Waals surface area contributed by atoms with Crippen LogP contribution in [0.4, 0.5) is 14.9 Å². The Morgan fingerprint density at radius 1 is 0.903 bits per heavy atom. The van der Waals surface area contributed by atoms with Gasteiger partial charge in [-0.2, -0.15) is 0 Å². The molecule has 154 valence electrons. The van der Waals surface area contributed by atoms with Crippen molar-refractivity contribution < 1.29 is 18.8 Å². The number of rotatable bonds is 4. The van der Waals surface area contributed by atoms with Crippen LogP contribution in [0.5, 0.6) is 0 Å². The molecule has 1 heterocycles. The maximum Gasteiger partial charge on any atom is 0.335 e. The van der Waals surface area contributed by atoms with Crippen LogP contribution < -0.4 is 10.2 Å². The molecule has 31 heavy (non-hydrogen) atoms. The first-order valence-electron chi connectivity index (χ1n) is 9.42. The molecule has 1 fully saturated rings. The number of halogens is 2. The number of hydrogen-bond donors (Lipinski definition) is 1. The summed E-state index contributed by atoms with van der Waals surface area (Å²) in [5.41, 5.74) is 1.73. The molecule has 0 saturated carbocycles. The fraction of sp³-hybridized carbons (Fsp3) is 0.0417. The van der Waals surface area contributed by atoms with Crippen molar-refractivity contribution in [1.29, 1.82) is 0 Å². The average Bonchev–Trinajstić information content (AvgIpc) is 2.75. The lowest BCUT2D eigenvalue weighted by atomic mass is 9.97. The van der Waals surface area contributed by atoms with E-state index < -0.39 is 17.8 Å². The number of hydrogen-bond acceptors (Lipinski definition) is 3. The molecule has 0 atom stereocenters. The maximum atomic E-state index is 14.1. The Hall–Kier alpha value is -3.77. The molecule has 7 heteroatoms. The van der Waals surface area contributed by atoms with Crippen LogP contribution in [0.3, 0.4) is 0 Å². The van der Waals surface area contributed by atoms with Crippen molar-refractivity contribution in [3.05, 3.63) is 106 Å². The summed E-state index contributed by atoms with van der Waals surface area (Å²) in [6, 6.07) is 18.8. The summed E-state index contributed by atoms with van der Waals surface area (Å²) in [5.74, 6) is -1.92. The highest BCUT2D eigenvalue weighted by atomic mass is 35.5. The van der Waals surface area contributed by atoms with E-state index in [1.807, 2.05) is 0 Å². The third kappa shape index (κ3) is 4.25. The summed E-state index contributed by atoms with van der Waals surface area (Å²) in [5, 5.41) is 2.58. The van der Waals surface area contributed by atoms with Gasteiger partial charge in [0, 0.05) is 11.4 Å². The summed E-state index contributed by atoms with van der Waals surface area (Å²) in [7, 11) is 0. The van der Waals surface area contributed by atoms with Gasteiger partial charge in [-0.1, -0.05) is 54.1 Å². The fourth-order valence-corrected chi connectivity index (χ4v) is 3.51. The van der Waals surface area contributed by atoms with Gasteiger partial charge in [0.25, 0.3) is 11.8 Å². The molecule has 1 N–H and O–H groups in total. The number of benzene rings is 3. The first-order chi connectivity index (χ1) is 14.9. The summed E-state index contributed by atoms with van der Waals surface area (Å²) in [6.45, 7) is 0. The highest BCUT2D eigenvalue weighted by Gasteiger charge is 2.36. The molecule has 0 radical (unpaired) electrons. The Labute approximate surface area is 182 Å². The summed E-state index contributed by atoms with van der Waals surface area (Å²) < 4.78 is 14.1. The molecule has 3 aromatic rings. The van der Waals surface area contributed by atoms with Gasteiger partial charge in [0.1, 0.15) is 11.4 Å². The summed E-state index contributed by atoms with van der Waals surface area (Å²) in [6.07, 6.45) is 1.61. The van der Waals surface area contributed by atoms with Crippen LogP contribution in [-0.4, -0.2) is 17.8 Å². The van der Waals surface area contributed by atoms with Crippen molar-refractivity contribution in [2.45, 2.75) is 6.42 Å². The van der Waals surface area contributed by atoms with Crippen LogP contribution in [0.2, 0.25) is 5.02 Å². The molecule has 3 aromatic carbocycles. The second-order valence-electron chi connectivity index (χ2n) is 6.90. The van der Waals surface area contributed by atoms with Crippen LogP contribution in [0.25, 0.3) is 6.08 Å². The normalized spacial score (nSPS) is 15.4. The number of barbiturate groups is 1. The number of nitrogens with zero attached hydrogens (tertiary/aromatic N) is 1. The van der Waals surface area contributed by atoms with E-state index >= 15 is 0 Å². The third-order valence-electron chi connectivity index (χ3n) is 4.86. The lowest BCUT2D eigenvalue weighted by molar-refractivity contribution is -0.122. The molecule has 4 amide bonds. The van der Waals surface area contributed by atoms with Gasteiger partial charge in [-0.25, -0.2) is 14.1 Å². The van der Waals surface area contributed by atoms with E-state index in [0.717, 1.165) is 4.90 Å². The lowest BCUT2D eigenvalue weighted by Gasteiger charge is -2.26. The number of imide groups is 2. The van der Waals surface area contributed by atoms with Crippen LogP contribution in [0.15, 0.2) is 78.4 Å².